The van der Waals surface area contributed by atoms with E-state index < -0.39 is 5.97 Å². The number of fused-ring (bicyclic) bond motifs is 1. The number of carboxylic acids is 1. The fourth-order valence-corrected chi connectivity index (χ4v) is 2.24. The van der Waals surface area contributed by atoms with Gasteiger partial charge in [0.2, 0.25) is 0 Å². The third-order valence-electron chi connectivity index (χ3n) is 2.30. The molecule has 7 heteroatoms. The molecule has 0 bridgehead atoms. The van der Waals surface area contributed by atoms with Crippen LogP contribution in [0.5, 0.6) is 0 Å². The van der Waals surface area contributed by atoms with Gasteiger partial charge in [-0.2, -0.15) is 5.10 Å². The van der Waals surface area contributed by atoms with E-state index in [1.807, 2.05) is 25.5 Å². The largest absolute Gasteiger partial charge is 0.481 e. The van der Waals surface area contributed by atoms with Gasteiger partial charge in [-0.25, -0.2) is 14.6 Å². The van der Waals surface area contributed by atoms with Crippen LogP contribution < -0.4 is 0 Å². The molecule has 0 radical (unpaired) electrons. The van der Waals surface area contributed by atoms with Crippen LogP contribution in [0.25, 0.3) is 11.0 Å². The van der Waals surface area contributed by atoms with Gasteiger partial charge in [0.25, 0.3) is 0 Å². The van der Waals surface area contributed by atoms with Crippen molar-refractivity contribution in [2.24, 2.45) is 0 Å². The van der Waals surface area contributed by atoms with Crippen molar-refractivity contribution < 1.29 is 9.90 Å². The Kier molecular flexibility index (Phi) is 3.25. The minimum Gasteiger partial charge on any atom is -0.481 e. The maximum atomic E-state index is 10.6. The molecule has 0 amide bonds. The lowest BCUT2D eigenvalue weighted by atomic mass is 10.1. The Morgan fingerprint density at radius 1 is 1.44 bits per heavy atom. The molecule has 0 aliphatic rings. The molecule has 0 aliphatic carbocycles. The highest BCUT2D eigenvalue weighted by Crippen LogP contribution is 2.26. The maximum Gasteiger partial charge on any atom is 0.313 e. The number of carbonyl (C=O) groups is 1. The standard InChI is InChI=1S/C11H14N4O2S/c1-11(2,3)15-9-7(4-14-15)10(13-6-12-9)18-5-8(16)17/h4,6H,5H2,1-3H3,(H,16,17). The Morgan fingerprint density at radius 3 is 2.78 bits per heavy atom. The normalized spacial score (nSPS) is 11.9. The third-order valence-corrected chi connectivity index (χ3v) is 3.29. The zero-order valence-electron chi connectivity index (χ0n) is 10.4. The second kappa shape index (κ2) is 4.56. The number of rotatable bonds is 3. The number of aliphatic carboxylic acids is 1. The van der Waals surface area contributed by atoms with Crippen molar-refractivity contribution in [3.05, 3.63) is 12.5 Å². The van der Waals surface area contributed by atoms with Gasteiger partial charge in [0.05, 0.1) is 22.9 Å². The fourth-order valence-electron chi connectivity index (χ4n) is 1.56. The molecule has 2 aromatic heterocycles. The van der Waals surface area contributed by atoms with Gasteiger partial charge < -0.3 is 5.11 Å². The van der Waals surface area contributed by atoms with E-state index in [2.05, 4.69) is 15.1 Å². The predicted octanol–water partition coefficient (Wildman–Crippen LogP) is 1.76. The van der Waals surface area contributed by atoms with Gasteiger partial charge >= 0.3 is 5.97 Å². The average Bonchev–Trinajstić information content (AvgIpc) is 2.69. The molecule has 2 aromatic rings. The van der Waals surface area contributed by atoms with Crippen LogP contribution in [-0.2, 0) is 10.3 Å². The van der Waals surface area contributed by atoms with Crippen molar-refractivity contribution in [2.45, 2.75) is 31.3 Å². The number of hydrogen-bond donors (Lipinski definition) is 1. The molecule has 0 fully saturated rings. The van der Waals surface area contributed by atoms with Gasteiger partial charge in [-0.05, 0) is 20.8 Å². The Morgan fingerprint density at radius 2 is 2.17 bits per heavy atom. The molecular formula is C11H14N4O2S. The Balaban J connectivity index is 2.45. The molecule has 0 aromatic carbocycles. The molecule has 18 heavy (non-hydrogen) atoms. The SMILES string of the molecule is CC(C)(C)n1ncc2c(SCC(=O)O)ncnc21. The predicted molar refractivity (Wildman–Crippen MR) is 68.7 cm³/mol. The van der Waals surface area contributed by atoms with Crippen molar-refractivity contribution in [3.8, 4) is 0 Å². The minimum atomic E-state index is -0.866. The summed E-state index contributed by atoms with van der Waals surface area (Å²) in [6.45, 7) is 6.10. The summed E-state index contributed by atoms with van der Waals surface area (Å²) in [7, 11) is 0. The monoisotopic (exact) mass is 266 g/mol. The third kappa shape index (κ3) is 2.45. The smallest absolute Gasteiger partial charge is 0.313 e. The van der Waals surface area contributed by atoms with Crippen LogP contribution in [0, 0.1) is 0 Å². The van der Waals surface area contributed by atoms with E-state index in [0.29, 0.717) is 5.03 Å². The quantitative estimate of drug-likeness (QED) is 0.673. The summed E-state index contributed by atoms with van der Waals surface area (Å²) in [6.07, 6.45) is 3.13. The summed E-state index contributed by atoms with van der Waals surface area (Å²) in [5.74, 6) is -0.887. The topological polar surface area (TPSA) is 80.9 Å². The molecule has 0 saturated heterocycles. The summed E-state index contributed by atoms with van der Waals surface area (Å²) in [4.78, 5) is 18.9. The molecule has 1 N–H and O–H groups in total. The zero-order valence-corrected chi connectivity index (χ0v) is 11.2. The van der Waals surface area contributed by atoms with Gasteiger partial charge in [0.15, 0.2) is 5.65 Å². The molecule has 96 valence electrons. The van der Waals surface area contributed by atoms with E-state index in [1.54, 1.807) is 6.20 Å². The van der Waals surface area contributed by atoms with Crippen molar-refractivity contribution in [2.75, 3.05) is 5.75 Å². The molecule has 0 unspecified atom stereocenters. The summed E-state index contributed by atoms with van der Waals surface area (Å²) < 4.78 is 1.81. The van der Waals surface area contributed by atoms with Crippen molar-refractivity contribution in [3.63, 3.8) is 0 Å². The zero-order chi connectivity index (χ0) is 13.3. The van der Waals surface area contributed by atoms with Gasteiger partial charge in [-0.1, -0.05) is 11.8 Å². The molecule has 0 atom stereocenters. The lowest BCUT2D eigenvalue weighted by Gasteiger charge is -2.19. The Hall–Kier alpha value is -1.63. The van der Waals surface area contributed by atoms with Gasteiger partial charge in [0.1, 0.15) is 11.4 Å². The molecule has 6 nitrogen and oxygen atoms in total. The van der Waals surface area contributed by atoms with E-state index >= 15 is 0 Å². The van der Waals surface area contributed by atoms with Gasteiger partial charge in [-0.15, -0.1) is 0 Å². The Labute approximate surface area is 108 Å². The van der Waals surface area contributed by atoms with Crippen LogP contribution in [0.4, 0.5) is 0 Å². The lowest BCUT2D eigenvalue weighted by Crippen LogP contribution is -2.23. The van der Waals surface area contributed by atoms with Crippen LogP contribution >= 0.6 is 11.8 Å². The number of thioether (sulfide) groups is 1. The first-order chi connectivity index (χ1) is 8.39. The van der Waals surface area contributed by atoms with E-state index in [0.717, 1.165) is 11.0 Å². The molecule has 2 heterocycles. The summed E-state index contributed by atoms with van der Waals surface area (Å²) in [6, 6.07) is 0. The lowest BCUT2D eigenvalue weighted by molar-refractivity contribution is -0.133. The maximum absolute atomic E-state index is 10.6. The van der Waals surface area contributed by atoms with Crippen LogP contribution in [0.15, 0.2) is 17.6 Å². The second-order valence-corrected chi connectivity index (χ2v) is 5.79. The highest BCUT2D eigenvalue weighted by Gasteiger charge is 2.19. The van der Waals surface area contributed by atoms with Crippen LogP contribution in [0.2, 0.25) is 0 Å². The van der Waals surface area contributed by atoms with E-state index in [4.69, 9.17) is 5.11 Å². The van der Waals surface area contributed by atoms with Gasteiger partial charge in [0, 0.05) is 0 Å². The fraction of sp³-hybridized carbons (Fsp3) is 0.455. The summed E-state index contributed by atoms with van der Waals surface area (Å²) in [5.41, 5.74) is 0.551. The van der Waals surface area contributed by atoms with E-state index in [1.165, 1.54) is 18.1 Å². The molecule has 0 saturated carbocycles. The van der Waals surface area contributed by atoms with Crippen molar-refractivity contribution in [1.29, 1.82) is 0 Å². The summed E-state index contributed by atoms with van der Waals surface area (Å²) >= 11 is 1.18. The first-order valence-corrected chi connectivity index (χ1v) is 6.42. The van der Waals surface area contributed by atoms with Crippen LogP contribution in [0.3, 0.4) is 0 Å². The van der Waals surface area contributed by atoms with Crippen LogP contribution in [-0.4, -0.2) is 36.6 Å². The molecular weight excluding hydrogens is 252 g/mol. The highest BCUT2D eigenvalue weighted by atomic mass is 32.2. The number of hydrogen-bond acceptors (Lipinski definition) is 5. The van der Waals surface area contributed by atoms with Crippen molar-refractivity contribution >= 4 is 28.8 Å². The van der Waals surface area contributed by atoms with E-state index in [-0.39, 0.29) is 11.3 Å². The molecule has 2 rings (SSSR count). The first kappa shape index (κ1) is 12.8. The van der Waals surface area contributed by atoms with Gasteiger partial charge in [-0.3, -0.25) is 4.79 Å². The van der Waals surface area contributed by atoms with E-state index in [9.17, 15) is 4.79 Å². The number of aromatic nitrogens is 4. The number of nitrogens with zero attached hydrogens (tertiary/aromatic N) is 4. The molecule has 0 spiro atoms. The van der Waals surface area contributed by atoms with Crippen LogP contribution in [0.1, 0.15) is 20.8 Å². The average molecular weight is 266 g/mol. The Bertz CT molecular complexity index is 588. The number of carboxylic acid groups (broad SMARTS) is 1. The first-order valence-electron chi connectivity index (χ1n) is 5.43. The summed E-state index contributed by atoms with van der Waals surface area (Å²) in [5, 5.41) is 14.4. The second-order valence-electron chi connectivity index (χ2n) is 4.83. The molecule has 0 aliphatic heterocycles. The minimum absolute atomic E-state index is 0.0210. The van der Waals surface area contributed by atoms with Crippen molar-refractivity contribution in [1.82, 2.24) is 19.7 Å². The highest BCUT2D eigenvalue weighted by molar-refractivity contribution is 8.00.